The molecule has 2 heterocycles. The SMILES string of the molecule is COC(=O)c1ccc(OC(=O)c2cc(C3CC3)nc3c2cnn3C(C)C)cc1. The number of methoxy groups -OCH3 is 1. The van der Waals surface area contributed by atoms with Gasteiger partial charge in [-0.15, -0.1) is 0 Å². The zero-order valence-electron chi connectivity index (χ0n) is 16.0. The molecule has 3 aromatic rings. The molecule has 28 heavy (non-hydrogen) atoms. The summed E-state index contributed by atoms with van der Waals surface area (Å²) in [6, 6.07) is 8.21. The Labute approximate surface area is 162 Å². The highest BCUT2D eigenvalue weighted by Crippen LogP contribution is 2.40. The summed E-state index contributed by atoms with van der Waals surface area (Å²) in [6.07, 6.45) is 3.82. The van der Waals surface area contributed by atoms with E-state index in [1.54, 1.807) is 30.5 Å². The first kappa shape index (κ1) is 18.2. The molecule has 0 radical (unpaired) electrons. The molecule has 0 atom stereocenters. The maximum absolute atomic E-state index is 12.9. The minimum atomic E-state index is -0.469. The molecule has 1 aromatic carbocycles. The Morgan fingerprint density at radius 1 is 1.14 bits per heavy atom. The van der Waals surface area contributed by atoms with Crippen molar-refractivity contribution in [2.45, 2.75) is 38.6 Å². The molecule has 0 amide bonds. The summed E-state index contributed by atoms with van der Waals surface area (Å²) in [5.74, 6) is -0.162. The largest absolute Gasteiger partial charge is 0.465 e. The number of esters is 2. The van der Waals surface area contributed by atoms with E-state index < -0.39 is 11.9 Å². The maximum atomic E-state index is 12.9. The van der Waals surface area contributed by atoms with Crippen LogP contribution in [-0.4, -0.2) is 33.8 Å². The Kier molecular flexibility index (Phi) is 4.58. The topological polar surface area (TPSA) is 83.3 Å². The standard InChI is InChI=1S/C21H21N3O4/c1-12(2)24-19-17(11-22-24)16(10-18(23-19)13-4-5-13)21(26)28-15-8-6-14(7-9-15)20(25)27-3/h6-13H,4-5H2,1-3H3. The van der Waals surface area contributed by atoms with Gasteiger partial charge in [-0.2, -0.15) is 5.10 Å². The lowest BCUT2D eigenvalue weighted by atomic mass is 10.1. The van der Waals surface area contributed by atoms with Crippen molar-refractivity contribution < 1.29 is 19.1 Å². The summed E-state index contributed by atoms with van der Waals surface area (Å²) >= 11 is 0. The third-order valence-electron chi connectivity index (χ3n) is 4.78. The van der Waals surface area contributed by atoms with Crippen LogP contribution >= 0.6 is 0 Å². The second-order valence-corrected chi connectivity index (χ2v) is 7.19. The number of aromatic nitrogens is 3. The van der Waals surface area contributed by atoms with Crippen LogP contribution in [0.4, 0.5) is 0 Å². The van der Waals surface area contributed by atoms with Crippen LogP contribution in [0.25, 0.3) is 11.0 Å². The third kappa shape index (κ3) is 3.35. The number of ether oxygens (including phenoxy) is 2. The predicted octanol–water partition coefficient (Wildman–Crippen LogP) is 3.90. The average molecular weight is 379 g/mol. The van der Waals surface area contributed by atoms with Crippen molar-refractivity contribution in [3.63, 3.8) is 0 Å². The molecular formula is C21H21N3O4. The lowest BCUT2D eigenvalue weighted by Gasteiger charge is -2.10. The molecule has 2 aromatic heterocycles. The monoisotopic (exact) mass is 379 g/mol. The van der Waals surface area contributed by atoms with Crippen molar-refractivity contribution >= 4 is 23.0 Å². The van der Waals surface area contributed by atoms with E-state index in [0.29, 0.717) is 33.8 Å². The van der Waals surface area contributed by atoms with Crippen LogP contribution < -0.4 is 4.74 Å². The number of rotatable bonds is 5. The summed E-state index contributed by atoms with van der Waals surface area (Å²) in [6.45, 7) is 4.05. The van der Waals surface area contributed by atoms with Gasteiger partial charge in [0.1, 0.15) is 5.75 Å². The normalized spacial score (nSPS) is 13.7. The molecule has 0 unspecified atom stereocenters. The Morgan fingerprint density at radius 2 is 1.86 bits per heavy atom. The smallest absolute Gasteiger partial charge is 0.344 e. The van der Waals surface area contributed by atoms with Gasteiger partial charge in [-0.1, -0.05) is 0 Å². The fraction of sp³-hybridized carbons (Fsp3) is 0.333. The van der Waals surface area contributed by atoms with Crippen LogP contribution in [0.1, 0.15) is 65.1 Å². The van der Waals surface area contributed by atoms with E-state index in [0.717, 1.165) is 18.5 Å². The van der Waals surface area contributed by atoms with Gasteiger partial charge in [0.25, 0.3) is 0 Å². The Balaban J connectivity index is 1.67. The molecule has 1 aliphatic rings. The van der Waals surface area contributed by atoms with Crippen LogP contribution in [0.3, 0.4) is 0 Å². The van der Waals surface area contributed by atoms with Crippen molar-refractivity contribution in [3.8, 4) is 5.75 Å². The van der Waals surface area contributed by atoms with Crippen LogP contribution in [0, 0.1) is 0 Å². The fourth-order valence-corrected chi connectivity index (χ4v) is 3.11. The second-order valence-electron chi connectivity index (χ2n) is 7.19. The number of carbonyl (C=O) groups excluding carboxylic acids is 2. The highest BCUT2D eigenvalue weighted by molar-refractivity contribution is 6.03. The molecule has 0 aliphatic heterocycles. The van der Waals surface area contributed by atoms with Gasteiger partial charge in [-0.05, 0) is 57.0 Å². The van der Waals surface area contributed by atoms with Gasteiger partial charge in [-0.3, -0.25) is 0 Å². The molecule has 1 fully saturated rings. The summed E-state index contributed by atoms with van der Waals surface area (Å²) < 4.78 is 12.0. The lowest BCUT2D eigenvalue weighted by molar-refractivity contribution is 0.0600. The molecule has 0 N–H and O–H groups in total. The van der Waals surface area contributed by atoms with Crippen LogP contribution in [-0.2, 0) is 4.74 Å². The van der Waals surface area contributed by atoms with E-state index in [9.17, 15) is 9.59 Å². The zero-order chi connectivity index (χ0) is 19.8. The molecule has 7 heteroatoms. The first-order valence-corrected chi connectivity index (χ1v) is 9.26. The van der Waals surface area contributed by atoms with E-state index in [4.69, 9.17) is 9.72 Å². The van der Waals surface area contributed by atoms with Gasteiger partial charge in [0.15, 0.2) is 5.65 Å². The number of hydrogen-bond acceptors (Lipinski definition) is 6. The number of hydrogen-bond donors (Lipinski definition) is 0. The number of benzene rings is 1. The van der Waals surface area contributed by atoms with Crippen molar-refractivity contribution in [1.82, 2.24) is 14.8 Å². The summed E-state index contributed by atoms with van der Waals surface area (Å²) in [4.78, 5) is 29.2. The van der Waals surface area contributed by atoms with Crippen LogP contribution in [0.5, 0.6) is 5.75 Å². The molecule has 0 saturated heterocycles. The molecule has 0 spiro atoms. The fourth-order valence-electron chi connectivity index (χ4n) is 3.11. The zero-order valence-corrected chi connectivity index (χ0v) is 16.0. The third-order valence-corrected chi connectivity index (χ3v) is 4.78. The number of pyridine rings is 1. The Bertz CT molecular complexity index is 1050. The number of nitrogens with zero attached hydrogens (tertiary/aromatic N) is 3. The minimum absolute atomic E-state index is 0.134. The van der Waals surface area contributed by atoms with Gasteiger partial charge < -0.3 is 9.47 Å². The van der Waals surface area contributed by atoms with Gasteiger partial charge in [0.05, 0.1) is 29.8 Å². The van der Waals surface area contributed by atoms with Gasteiger partial charge >= 0.3 is 11.9 Å². The predicted molar refractivity (Wildman–Crippen MR) is 103 cm³/mol. The number of fused-ring (bicyclic) bond motifs is 1. The van der Waals surface area contributed by atoms with Crippen molar-refractivity contribution in [2.24, 2.45) is 0 Å². The number of carbonyl (C=O) groups is 2. The summed E-state index contributed by atoms with van der Waals surface area (Å²) in [7, 11) is 1.32. The van der Waals surface area contributed by atoms with Gasteiger partial charge in [0, 0.05) is 17.7 Å². The van der Waals surface area contributed by atoms with E-state index in [-0.39, 0.29) is 6.04 Å². The van der Waals surface area contributed by atoms with Gasteiger partial charge in [0.2, 0.25) is 0 Å². The summed E-state index contributed by atoms with van der Waals surface area (Å²) in [5.41, 5.74) is 2.45. The maximum Gasteiger partial charge on any atom is 0.344 e. The van der Waals surface area contributed by atoms with Crippen molar-refractivity contribution in [2.75, 3.05) is 7.11 Å². The van der Waals surface area contributed by atoms with Gasteiger partial charge in [-0.25, -0.2) is 19.3 Å². The van der Waals surface area contributed by atoms with E-state index >= 15 is 0 Å². The first-order chi connectivity index (χ1) is 13.5. The van der Waals surface area contributed by atoms with Crippen molar-refractivity contribution in [1.29, 1.82) is 0 Å². The highest BCUT2D eigenvalue weighted by atomic mass is 16.5. The molecule has 4 rings (SSSR count). The molecule has 7 nitrogen and oxygen atoms in total. The second kappa shape index (κ2) is 7.07. The highest BCUT2D eigenvalue weighted by Gasteiger charge is 2.28. The van der Waals surface area contributed by atoms with Crippen molar-refractivity contribution in [3.05, 3.63) is 53.3 Å². The van der Waals surface area contributed by atoms with Crippen LogP contribution in [0.15, 0.2) is 36.5 Å². The van der Waals surface area contributed by atoms with E-state index in [1.165, 1.54) is 7.11 Å². The minimum Gasteiger partial charge on any atom is -0.465 e. The van der Waals surface area contributed by atoms with Crippen LogP contribution in [0.2, 0.25) is 0 Å². The average Bonchev–Trinajstić information content (AvgIpc) is 3.45. The quantitative estimate of drug-likeness (QED) is 0.494. The Hall–Kier alpha value is -3.22. The van der Waals surface area contributed by atoms with E-state index in [2.05, 4.69) is 9.84 Å². The lowest BCUT2D eigenvalue weighted by Crippen LogP contribution is -2.11. The molecule has 1 aliphatic carbocycles. The molecule has 0 bridgehead atoms. The molecule has 144 valence electrons. The molecule has 1 saturated carbocycles. The summed E-state index contributed by atoms with van der Waals surface area (Å²) in [5, 5.41) is 5.08. The Morgan fingerprint density at radius 3 is 2.46 bits per heavy atom. The molecular weight excluding hydrogens is 358 g/mol. The van der Waals surface area contributed by atoms with E-state index in [1.807, 2.05) is 24.6 Å². The first-order valence-electron chi connectivity index (χ1n) is 9.26.